The van der Waals surface area contributed by atoms with E-state index >= 15 is 0 Å². The van der Waals surface area contributed by atoms with Crippen molar-refractivity contribution in [1.29, 1.82) is 0 Å². The first-order valence-corrected chi connectivity index (χ1v) is 9.72. The van der Waals surface area contributed by atoms with E-state index in [-0.39, 0.29) is 18.6 Å². The van der Waals surface area contributed by atoms with Crippen molar-refractivity contribution in [1.82, 2.24) is 15.1 Å². The number of ether oxygens (including phenoxy) is 1. The van der Waals surface area contributed by atoms with Crippen molar-refractivity contribution >= 4 is 41.2 Å². The van der Waals surface area contributed by atoms with Gasteiger partial charge >= 0.3 is 5.97 Å². The van der Waals surface area contributed by atoms with Crippen molar-refractivity contribution in [3.63, 3.8) is 0 Å². The number of rotatable bonds is 7. The van der Waals surface area contributed by atoms with E-state index in [0.29, 0.717) is 16.6 Å². The third kappa shape index (κ3) is 5.14. The Kier molecular flexibility index (Phi) is 6.42. The fraction of sp³-hybridized carbons (Fsp3) is 0.350. The summed E-state index contributed by atoms with van der Waals surface area (Å²) in [6.45, 7) is 3.90. The summed E-state index contributed by atoms with van der Waals surface area (Å²) >= 11 is 12.5. The Balaban J connectivity index is 1.65. The predicted octanol–water partition coefficient (Wildman–Crippen LogP) is 3.69. The number of halogens is 2. The van der Waals surface area contributed by atoms with Crippen LogP contribution in [-0.2, 0) is 20.9 Å². The topological polar surface area (TPSA) is 73.2 Å². The second-order valence-electron chi connectivity index (χ2n) is 6.73. The van der Waals surface area contributed by atoms with Crippen molar-refractivity contribution in [3.05, 3.63) is 56.8 Å². The van der Waals surface area contributed by atoms with Crippen LogP contribution < -0.4 is 5.32 Å². The smallest absolute Gasteiger partial charge is 0.331 e. The third-order valence-corrected chi connectivity index (χ3v) is 5.19. The van der Waals surface area contributed by atoms with Crippen LogP contribution in [0.4, 0.5) is 0 Å². The molecule has 1 amide bonds. The first kappa shape index (κ1) is 20.4. The lowest BCUT2D eigenvalue weighted by Crippen LogP contribution is -2.30. The van der Waals surface area contributed by atoms with Crippen LogP contribution in [0.1, 0.15) is 35.4 Å². The van der Waals surface area contributed by atoms with Crippen LogP contribution in [0, 0.1) is 13.8 Å². The van der Waals surface area contributed by atoms with Gasteiger partial charge in [0.05, 0.1) is 12.2 Å². The second kappa shape index (κ2) is 8.80. The standard InChI is InChI=1S/C20H21Cl2N3O3/c1-12-15(8-9-20(27)28-11-19(26)23-14-6-7-14)13(2)25(24-12)10-16-17(21)4-3-5-18(16)22/h3-5,8-9,14H,6-7,10-11H2,1-2H3,(H,23,26). The zero-order chi connectivity index (χ0) is 20.3. The molecule has 1 aliphatic carbocycles. The molecule has 1 aromatic heterocycles. The summed E-state index contributed by atoms with van der Waals surface area (Å²) < 4.78 is 6.76. The van der Waals surface area contributed by atoms with Gasteiger partial charge in [0.2, 0.25) is 0 Å². The highest BCUT2D eigenvalue weighted by molar-refractivity contribution is 6.35. The minimum Gasteiger partial charge on any atom is -0.452 e. The average molecular weight is 422 g/mol. The molecule has 0 spiro atoms. The zero-order valence-corrected chi connectivity index (χ0v) is 17.2. The third-order valence-electron chi connectivity index (χ3n) is 4.48. The Bertz CT molecular complexity index is 913. The molecule has 0 aliphatic heterocycles. The van der Waals surface area contributed by atoms with Crippen LogP contribution in [0.2, 0.25) is 10.0 Å². The van der Waals surface area contributed by atoms with Crippen LogP contribution in [0.3, 0.4) is 0 Å². The van der Waals surface area contributed by atoms with Gasteiger partial charge in [0.1, 0.15) is 0 Å². The van der Waals surface area contributed by atoms with Crippen molar-refractivity contribution in [2.75, 3.05) is 6.61 Å². The molecule has 0 saturated heterocycles. The van der Waals surface area contributed by atoms with Gasteiger partial charge in [-0.3, -0.25) is 9.48 Å². The summed E-state index contributed by atoms with van der Waals surface area (Å²) in [6, 6.07) is 5.60. The summed E-state index contributed by atoms with van der Waals surface area (Å²) in [5, 5.41) is 8.42. The summed E-state index contributed by atoms with van der Waals surface area (Å²) in [5.74, 6) is -0.854. The van der Waals surface area contributed by atoms with Crippen LogP contribution in [0.5, 0.6) is 0 Å². The summed E-state index contributed by atoms with van der Waals surface area (Å²) in [6.07, 6.45) is 4.92. The van der Waals surface area contributed by atoms with Gasteiger partial charge in [-0.2, -0.15) is 5.10 Å². The molecular weight excluding hydrogens is 401 g/mol. The Labute approximate surface area is 173 Å². The van der Waals surface area contributed by atoms with Crippen molar-refractivity contribution in [2.24, 2.45) is 0 Å². The van der Waals surface area contributed by atoms with Gasteiger partial charge in [0.15, 0.2) is 6.61 Å². The number of carbonyl (C=O) groups is 2. The number of benzene rings is 1. The number of hydrogen-bond acceptors (Lipinski definition) is 4. The van der Waals surface area contributed by atoms with Gasteiger partial charge < -0.3 is 10.1 Å². The fourth-order valence-corrected chi connectivity index (χ4v) is 3.29. The largest absolute Gasteiger partial charge is 0.452 e. The molecular formula is C20H21Cl2N3O3. The quantitative estimate of drug-likeness (QED) is 0.546. The minimum absolute atomic E-state index is 0.240. The van der Waals surface area contributed by atoms with E-state index in [1.807, 2.05) is 13.8 Å². The molecule has 1 saturated carbocycles. The van der Waals surface area contributed by atoms with E-state index in [2.05, 4.69) is 10.4 Å². The minimum atomic E-state index is -0.577. The lowest BCUT2D eigenvalue weighted by Gasteiger charge is -2.09. The Hall–Kier alpha value is -2.31. The van der Waals surface area contributed by atoms with E-state index < -0.39 is 5.97 Å². The molecule has 3 rings (SSSR count). The highest BCUT2D eigenvalue weighted by atomic mass is 35.5. The van der Waals surface area contributed by atoms with Crippen LogP contribution in [-0.4, -0.2) is 34.3 Å². The van der Waals surface area contributed by atoms with E-state index in [9.17, 15) is 9.59 Å². The molecule has 1 fully saturated rings. The molecule has 0 unspecified atom stereocenters. The molecule has 1 aromatic carbocycles. The molecule has 1 N–H and O–H groups in total. The van der Waals surface area contributed by atoms with Gasteiger partial charge in [-0.15, -0.1) is 0 Å². The van der Waals surface area contributed by atoms with Gasteiger partial charge in [-0.1, -0.05) is 29.3 Å². The number of nitrogens with zero attached hydrogens (tertiary/aromatic N) is 2. The number of carbonyl (C=O) groups excluding carboxylic acids is 2. The molecule has 0 radical (unpaired) electrons. The van der Waals surface area contributed by atoms with Crippen LogP contribution >= 0.6 is 23.2 Å². The Morgan fingerprint density at radius 1 is 1.29 bits per heavy atom. The maximum absolute atomic E-state index is 11.9. The SMILES string of the molecule is Cc1nn(Cc2c(Cl)cccc2Cl)c(C)c1C=CC(=O)OCC(=O)NC1CC1. The number of aromatic nitrogens is 2. The zero-order valence-electron chi connectivity index (χ0n) is 15.7. The molecule has 1 aliphatic rings. The average Bonchev–Trinajstić information content (AvgIpc) is 3.41. The van der Waals surface area contributed by atoms with Gasteiger partial charge in [0.25, 0.3) is 5.91 Å². The maximum atomic E-state index is 11.9. The summed E-state index contributed by atoms with van der Waals surface area (Å²) in [5.41, 5.74) is 3.22. The van der Waals surface area contributed by atoms with Crippen molar-refractivity contribution < 1.29 is 14.3 Å². The number of aryl methyl sites for hydroxylation is 1. The predicted molar refractivity (Wildman–Crippen MR) is 108 cm³/mol. The maximum Gasteiger partial charge on any atom is 0.331 e. The van der Waals surface area contributed by atoms with Crippen molar-refractivity contribution in [2.45, 2.75) is 39.3 Å². The highest BCUT2D eigenvalue weighted by Crippen LogP contribution is 2.26. The first-order valence-electron chi connectivity index (χ1n) is 8.96. The second-order valence-corrected chi connectivity index (χ2v) is 7.54. The van der Waals surface area contributed by atoms with Crippen molar-refractivity contribution in [3.8, 4) is 0 Å². The number of amides is 1. The first-order chi connectivity index (χ1) is 13.3. The lowest BCUT2D eigenvalue weighted by molar-refractivity contribution is -0.143. The summed E-state index contributed by atoms with van der Waals surface area (Å²) in [4.78, 5) is 23.4. The van der Waals surface area contributed by atoms with Crippen LogP contribution in [0.25, 0.3) is 6.08 Å². The molecule has 0 atom stereocenters. The molecule has 148 valence electrons. The Morgan fingerprint density at radius 3 is 2.61 bits per heavy atom. The molecule has 1 heterocycles. The lowest BCUT2D eigenvalue weighted by atomic mass is 10.1. The normalized spacial score (nSPS) is 13.7. The Morgan fingerprint density at radius 2 is 1.96 bits per heavy atom. The molecule has 28 heavy (non-hydrogen) atoms. The van der Waals surface area contributed by atoms with Gasteiger partial charge in [-0.25, -0.2) is 4.79 Å². The molecule has 8 heteroatoms. The number of hydrogen-bond donors (Lipinski definition) is 1. The van der Waals surface area contributed by atoms with Gasteiger partial charge in [0, 0.05) is 39.0 Å². The monoisotopic (exact) mass is 421 g/mol. The molecule has 2 aromatic rings. The molecule has 0 bridgehead atoms. The number of esters is 1. The van der Waals surface area contributed by atoms with E-state index in [0.717, 1.165) is 35.4 Å². The van der Waals surface area contributed by atoms with E-state index in [4.69, 9.17) is 27.9 Å². The van der Waals surface area contributed by atoms with Crippen LogP contribution in [0.15, 0.2) is 24.3 Å². The molecule has 6 nitrogen and oxygen atoms in total. The number of nitrogens with one attached hydrogen (secondary N) is 1. The van der Waals surface area contributed by atoms with E-state index in [1.165, 1.54) is 6.08 Å². The fourth-order valence-electron chi connectivity index (χ4n) is 2.77. The summed E-state index contributed by atoms with van der Waals surface area (Å²) in [7, 11) is 0. The van der Waals surface area contributed by atoms with E-state index in [1.54, 1.807) is 29.0 Å². The highest BCUT2D eigenvalue weighted by Gasteiger charge is 2.23. The van der Waals surface area contributed by atoms with Gasteiger partial charge in [-0.05, 0) is 44.9 Å².